The van der Waals surface area contributed by atoms with Gasteiger partial charge in [0.15, 0.2) is 36.0 Å². The molecule has 0 aliphatic carbocycles. The molecule has 2 saturated heterocycles. The summed E-state index contributed by atoms with van der Waals surface area (Å²) in [5, 5.41) is 21.3. The molecule has 0 amide bonds. The highest BCUT2D eigenvalue weighted by Gasteiger charge is 2.55. The minimum absolute atomic E-state index is 0.0434. The van der Waals surface area contributed by atoms with Gasteiger partial charge in [0, 0.05) is 34.1 Å². The van der Waals surface area contributed by atoms with Crippen molar-refractivity contribution >= 4 is 67.2 Å². The summed E-state index contributed by atoms with van der Waals surface area (Å²) in [5.41, 5.74) is 6.14. The summed E-state index contributed by atoms with van der Waals surface area (Å²) < 4.78 is 61.4. The third-order valence-electron chi connectivity index (χ3n) is 7.05. The van der Waals surface area contributed by atoms with E-state index in [1.165, 1.54) is 10.9 Å². The maximum atomic E-state index is 13.2. The number of phosphoric ester groups is 1. The van der Waals surface area contributed by atoms with E-state index < -0.39 is 100 Å². The van der Waals surface area contributed by atoms with Gasteiger partial charge in [-0.2, -0.15) is 0 Å². The van der Waals surface area contributed by atoms with Gasteiger partial charge in [0.2, 0.25) is 6.29 Å². The van der Waals surface area contributed by atoms with Gasteiger partial charge in [-0.25, -0.2) is 23.8 Å². The van der Waals surface area contributed by atoms with Crippen LogP contribution in [0.2, 0.25) is 0 Å². The van der Waals surface area contributed by atoms with Crippen molar-refractivity contribution in [1.82, 2.24) is 19.5 Å². The molecule has 284 valence electrons. The van der Waals surface area contributed by atoms with Gasteiger partial charge < -0.3 is 58.7 Å². The second-order valence-corrected chi connectivity index (χ2v) is 15.3. The predicted molar refractivity (Wildman–Crippen MR) is 167 cm³/mol. The summed E-state index contributed by atoms with van der Waals surface area (Å²) in [4.78, 5) is 80.6. The van der Waals surface area contributed by atoms with E-state index in [2.05, 4.69) is 15.0 Å². The maximum Gasteiger partial charge on any atom is 0.481 e. The first-order valence-corrected chi connectivity index (χ1v) is 18.8. The Hall–Kier alpha value is -3.25. The van der Waals surface area contributed by atoms with Crippen molar-refractivity contribution < 1.29 is 85.5 Å². The number of hydrogen-bond donors (Lipinski definition) is 5. The Labute approximate surface area is 293 Å². The van der Waals surface area contributed by atoms with Crippen molar-refractivity contribution in [3.8, 4) is 0 Å². The molecule has 2 aliphatic heterocycles. The molecule has 4 rings (SSSR count). The van der Waals surface area contributed by atoms with Gasteiger partial charge >= 0.3 is 38.4 Å². The fraction of sp³-hybridized carbons (Fsp3) is 0.640. The number of rotatable bonds is 14. The molecule has 2 aromatic heterocycles. The summed E-state index contributed by atoms with van der Waals surface area (Å²) in [6.45, 7) is -1.86. The van der Waals surface area contributed by atoms with Gasteiger partial charge in [0.1, 0.15) is 36.3 Å². The molecule has 2 aliphatic rings. The van der Waals surface area contributed by atoms with Crippen LogP contribution in [0.4, 0.5) is 5.82 Å². The number of carbonyl (C=O) groups is 4. The van der Waals surface area contributed by atoms with Crippen LogP contribution in [0, 0.1) is 0 Å². The van der Waals surface area contributed by atoms with Crippen LogP contribution in [-0.4, -0.2) is 126 Å². The Kier molecular flexibility index (Phi) is 13.2. The van der Waals surface area contributed by atoms with Gasteiger partial charge in [0.05, 0.1) is 19.5 Å². The Morgan fingerprint density at radius 3 is 2.16 bits per heavy atom. The lowest BCUT2D eigenvalue weighted by Gasteiger charge is -2.44. The second-order valence-electron chi connectivity index (χ2n) is 10.9. The number of phosphoric acid groups is 1. The number of nitrogen functional groups attached to an aromatic ring is 1. The number of aliphatic hydroxyl groups excluding tert-OH is 2. The van der Waals surface area contributed by atoms with Crippen LogP contribution in [0.1, 0.15) is 40.3 Å². The molecule has 0 saturated carbocycles. The molecule has 26 heteroatoms. The largest absolute Gasteiger partial charge is 0.481 e. The number of imidazole rings is 1. The average Bonchev–Trinajstić information content (AvgIpc) is 3.55. The number of fused-ring (bicyclic) bond motifs is 1. The second kappa shape index (κ2) is 16.6. The summed E-state index contributed by atoms with van der Waals surface area (Å²) in [6.07, 6.45) is -12.4. The molecule has 4 heterocycles. The third-order valence-corrected chi connectivity index (χ3v) is 10.6. The number of hydrogen-bond acceptors (Lipinski definition) is 21. The molecule has 23 nitrogen and oxygen atoms in total. The van der Waals surface area contributed by atoms with E-state index in [0.717, 1.165) is 34.0 Å². The summed E-state index contributed by atoms with van der Waals surface area (Å²) in [5.74, 6) is -3.51. The first kappa shape index (κ1) is 40.5. The van der Waals surface area contributed by atoms with Crippen LogP contribution < -0.4 is 5.73 Å². The minimum Gasteiger partial charge on any atom is -0.466 e. The van der Waals surface area contributed by atoms with Crippen molar-refractivity contribution in [3.05, 3.63) is 12.7 Å². The predicted octanol–water partition coefficient (Wildman–Crippen LogP) is -1.13. The first-order valence-electron chi connectivity index (χ1n) is 14.7. The van der Waals surface area contributed by atoms with Crippen molar-refractivity contribution in [1.29, 1.82) is 0 Å². The average molecular weight is 788 g/mol. The molecular weight excluding hydrogens is 752 g/mol. The normalized spacial score (nSPS) is 30.2. The number of aliphatic hydroxyl groups is 2. The fourth-order valence-electron chi connectivity index (χ4n) is 5.12. The van der Waals surface area contributed by atoms with Gasteiger partial charge in [-0.3, -0.25) is 28.3 Å². The van der Waals surface area contributed by atoms with E-state index in [1.54, 1.807) is 0 Å². The molecule has 6 N–H and O–H groups in total. The highest BCUT2D eigenvalue weighted by atomic mass is 32.5. The zero-order valence-corrected chi connectivity index (χ0v) is 29.8. The quantitative estimate of drug-likeness (QED) is 0.0859. The number of esters is 4. The fourth-order valence-corrected chi connectivity index (χ4v) is 8.21. The molecule has 0 bridgehead atoms. The molecule has 51 heavy (non-hydrogen) atoms. The highest BCUT2D eigenvalue weighted by molar-refractivity contribution is 8.08. The number of ether oxygens (including phenoxy) is 6. The molecule has 2 aromatic rings. The zero-order valence-electron chi connectivity index (χ0n) is 27.1. The summed E-state index contributed by atoms with van der Waals surface area (Å²) in [6, 6.07) is 0. The third kappa shape index (κ3) is 10.4. The van der Waals surface area contributed by atoms with Crippen LogP contribution in [-0.2, 0) is 77.3 Å². The van der Waals surface area contributed by atoms with Crippen LogP contribution in [0.25, 0.3) is 11.2 Å². The van der Waals surface area contributed by atoms with Gasteiger partial charge in [-0.05, 0) is 11.8 Å². The Morgan fingerprint density at radius 2 is 1.53 bits per heavy atom. The maximum absolute atomic E-state index is 13.2. The van der Waals surface area contributed by atoms with Crippen molar-refractivity contribution in [2.24, 2.45) is 0 Å². The minimum atomic E-state index is -5.58. The lowest BCUT2D eigenvalue weighted by Crippen LogP contribution is -2.61. The van der Waals surface area contributed by atoms with Crippen molar-refractivity contribution in [2.75, 3.05) is 18.9 Å². The lowest BCUT2D eigenvalue weighted by molar-refractivity contribution is -0.287. The number of aromatic nitrogens is 4. The zero-order chi connectivity index (χ0) is 37.8. The van der Waals surface area contributed by atoms with E-state index in [9.17, 15) is 43.7 Å². The lowest BCUT2D eigenvalue weighted by atomic mass is 9.96. The number of nitrogens with two attached hydrogens (primary N) is 1. The summed E-state index contributed by atoms with van der Waals surface area (Å²) >= 11 is 4.86. The Bertz CT molecular complexity index is 1720. The molecule has 0 radical (unpaired) electrons. The van der Waals surface area contributed by atoms with Crippen LogP contribution in [0.5, 0.6) is 0 Å². The van der Waals surface area contributed by atoms with Crippen LogP contribution in [0.3, 0.4) is 0 Å². The molecule has 11 unspecified atom stereocenters. The van der Waals surface area contributed by atoms with Gasteiger partial charge in [-0.1, -0.05) is 0 Å². The number of anilines is 1. The highest BCUT2D eigenvalue weighted by Crippen LogP contribution is 2.62. The number of nitrogens with zero attached hydrogens (tertiary/aromatic N) is 4. The van der Waals surface area contributed by atoms with Crippen molar-refractivity contribution in [3.63, 3.8) is 0 Å². The van der Waals surface area contributed by atoms with Crippen LogP contribution >= 0.6 is 14.5 Å². The van der Waals surface area contributed by atoms with E-state index >= 15 is 0 Å². The van der Waals surface area contributed by atoms with E-state index in [-0.39, 0.29) is 30.0 Å². The standard InChI is InChI=1S/C25H35N5O18P2S/c1-10(31)40-6-5-14-19(42-11(2)32)20(43-12(3)33)21(44-13(4)34)25(46-14)47-49(37,38)48-50(39,51)41-7-15-17(35)18(36)24(45-15)30-9-29-16-22(26)27-8-28-23(16)30/h8-9,14-15,17-21,24-25,35-36H,5-7H2,1-4H3,(H,37,38)(H,39,51)(H2,26,27,28). The Balaban J connectivity index is 1.49. The smallest absolute Gasteiger partial charge is 0.466 e. The summed E-state index contributed by atoms with van der Waals surface area (Å²) in [7, 11) is -5.58. The molecule has 2 fully saturated rings. The topological polar surface area (TPSA) is 319 Å². The van der Waals surface area contributed by atoms with Gasteiger partial charge in [0.25, 0.3) is 0 Å². The SMILES string of the molecule is CC(=O)OCCC1OC(OP(=O)(O)OP(O)(=S)OCC2OC(n3cnc4c(N)ncnc43)C(O)C2O)C(OC(C)=O)C(OC(C)=O)C1OC(C)=O. The molecule has 11 atom stereocenters. The van der Waals surface area contributed by atoms with E-state index in [4.69, 9.17) is 59.3 Å². The number of carbonyl (C=O) groups excluding carboxylic acids is 4. The molecular formula is C25H35N5O18P2S. The first-order chi connectivity index (χ1) is 23.8. The van der Waals surface area contributed by atoms with E-state index in [1.807, 2.05) is 0 Å². The monoisotopic (exact) mass is 787 g/mol. The Morgan fingerprint density at radius 1 is 0.902 bits per heavy atom. The van der Waals surface area contributed by atoms with E-state index in [0.29, 0.717) is 0 Å². The van der Waals surface area contributed by atoms with Crippen LogP contribution in [0.15, 0.2) is 12.7 Å². The van der Waals surface area contributed by atoms with Gasteiger partial charge in [-0.15, -0.1) is 0 Å². The molecule has 0 spiro atoms. The van der Waals surface area contributed by atoms with Crippen molar-refractivity contribution in [2.45, 2.75) is 89.4 Å². The molecule has 0 aromatic carbocycles.